The summed E-state index contributed by atoms with van der Waals surface area (Å²) in [4.78, 5) is 4.36. The Bertz CT molecular complexity index is 1110. The van der Waals surface area contributed by atoms with Crippen LogP contribution >= 0.6 is 0 Å². The fourth-order valence-corrected chi connectivity index (χ4v) is 4.71. The molecule has 2 aromatic heterocycles. The number of sulfonamides is 1. The van der Waals surface area contributed by atoms with Crippen molar-refractivity contribution in [2.75, 3.05) is 19.7 Å². The maximum Gasteiger partial charge on any atom is 0.243 e. The molecule has 28 heavy (non-hydrogen) atoms. The van der Waals surface area contributed by atoms with Gasteiger partial charge in [-0.15, -0.1) is 5.10 Å². The Labute approximate surface area is 163 Å². The van der Waals surface area contributed by atoms with Crippen LogP contribution in [-0.2, 0) is 10.0 Å². The van der Waals surface area contributed by atoms with Gasteiger partial charge in [-0.3, -0.25) is 0 Å². The van der Waals surface area contributed by atoms with Gasteiger partial charge in [0.15, 0.2) is 5.65 Å². The normalized spacial score (nSPS) is 16.1. The zero-order valence-electron chi connectivity index (χ0n) is 15.1. The molecule has 1 aliphatic rings. The van der Waals surface area contributed by atoms with Crippen molar-refractivity contribution in [2.24, 2.45) is 5.92 Å². The molecule has 0 unspecified atom stereocenters. The third kappa shape index (κ3) is 3.69. The van der Waals surface area contributed by atoms with Gasteiger partial charge in [-0.25, -0.2) is 17.9 Å². The molecule has 0 bridgehead atoms. The van der Waals surface area contributed by atoms with E-state index in [-0.39, 0.29) is 10.8 Å². The average molecular weight is 397 g/mol. The van der Waals surface area contributed by atoms with E-state index >= 15 is 0 Å². The zero-order valence-corrected chi connectivity index (χ0v) is 15.9. The van der Waals surface area contributed by atoms with Gasteiger partial charge in [0.25, 0.3) is 0 Å². The predicted molar refractivity (Wildman–Crippen MR) is 101 cm³/mol. The van der Waals surface area contributed by atoms with Crippen molar-refractivity contribution in [1.29, 1.82) is 5.26 Å². The highest BCUT2D eigenvalue weighted by Crippen LogP contribution is 2.24. The van der Waals surface area contributed by atoms with E-state index in [1.54, 1.807) is 23.0 Å². The third-order valence-electron chi connectivity index (χ3n) is 4.89. The molecule has 144 valence electrons. The number of hydrogen-bond acceptors (Lipinski definition) is 6. The standard InChI is InChI=1S/C19H19N5O3S/c20-13-15-1-3-17(4-2-15)28(25,26)23-10-7-16(8-11-23)14-27-19-6-5-18-21-9-12-24(18)22-19/h1-6,9,12,16H,7-8,10-11,14H2. The molecule has 8 nitrogen and oxygen atoms in total. The first-order valence-corrected chi connectivity index (χ1v) is 10.4. The van der Waals surface area contributed by atoms with E-state index in [4.69, 9.17) is 10.00 Å². The summed E-state index contributed by atoms with van der Waals surface area (Å²) in [5, 5.41) is 13.2. The topological polar surface area (TPSA) is 101 Å². The van der Waals surface area contributed by atoms with Crippen LogP contribution in [0.15, 0.2) is 53.7 Å². The van der Waals surface area contributed by atoms with Crippen LogP contribution in [0.25, 0.3) is 5.65 Å². The van der Waals surface area contributed by atoms with Crippen molar-refractivity contribution in [3.63, 3.8) is 0 Å². The molecule has 0 spiro atoms. The summed E-state index contributed by atoms with van der Waals surface area (Å²) in [5.74, 6) is 0.797. The number of nitriles is 1. The van der Waals surface area contributed by atoms with Gasteiger partial charge in [0.2, 0.25) is 15.9 Å². The van der Waals surface area contributed by atoms with Crippen LogP contribution in [0.4, 0.5) is 0 Å². The number of piperidine rings is 1. The molecule has 3 aromatic rings. The minimum Gasteiger partial charge on any atom is -0.476 e. The van der Waals surface area contributed by atoms with Crippen LogP contribution in [0.2, 0.25) is 0 Å². The number of rotatable bonds is 5. The molecule has 1 saturated heterocycles. The summed E-state index contributed by atoms with van der Waals surface area (Å²) in [6.07, 6.45) is 4.89. The maximum absolute atomic E-state index is 12.8. The van der Waals surface area contributed by atoms with Crippen LogP contribution in [0, 0.1) is 17.2 Å². The van der Waals surface area contributed by atoms with E-state index in [1.165, 1.54) is 28.6 Å². The first-order chi connectivity index (χ1) is 13.6. The molecular formula is C19H19N5O3S. The Balaban J connectivity index is 1.34. The number of hydrogen-bond donors (Lipinski definition) is 0. The van der Waals surface area contributed by atoms with Gasteiger partial charge in [0.1, 0.15) is 0 Å². The lowest BCUT2D eigenvalue weighted by atomic mass is 9.99. The molecule has 3 heterocycles. The van der Waals surface area contributed by atoms with Crippen LogP contribution in [0.3, 0.4) is 0 Å². The molecule has 9 heteroatoms. The summed E-state index contributed by atoms with van der Waals surface area (Å²) in [5.41, 5.74) is 1.20. The van der Waals surface area contributed by atoms with Crippen molar-refractivity contribution in [2.45, 2.75) is 17.7 Å². The molecular weight excluding hydrogens is 378 g/mol. The Hall–Kier alpha value is -2.96. The van der Waals surface area contributed by atoms with Crippen LogP contribution in [0.1, 0.15) is 18.4 Å². The van der Waals surface area contributed by atoms with Crippen molar-refractivity contribution in [1.82, 2.24) is 18.9 Å². The summed E-state index contributed by atoms with van der Waals surface area (Å²) < 4.78 is 34.5. The molecule has 1 aromatic carbocycles. The van der Waals surface area contributed by atoms with E-state index in [1.807, 2.05) is 12.1 Å². The van der Waals surface area contributed by atoms with E-state index in [0.29, 0.717) is 31.1 Å². The van der Waals surface area contributed by atoms with Crippen molar-refractivity contribution in [3.8, 4) is 11.9 Å². The molecule has 4 rings (SSSR count). The maximum atomic E-state index is 12.8. The summed E-state index contributed by atoms with van der Waals surface area (Å²) in [6, 6.07) is 11.6. The molecule has 0 atom stereocenters. The lowest BCUT2D eigenvalue weighted by Gasteiger charge is -2.31. The fraction of sp³-hybridized carbons (Fsp3) is 0.316. The predicted octanol–water partition coefficient (Wildman–Crippen LogP) is 2.08. The minimum atomic E-state index is -3.53. The summed E-state index contributed by atoms with van der Waals surface area (Å²) >= 11 is 0. The van der Waals surface area contributed by atoms with Gasteiger partial charge in [-0.1, -0.05) is 0 Å². The Kier molecular flexibility index (Phi) is 4.98. The zero-order chi connectivity index (χ0) is 19.6. The van der Waals surface area contributed by atoms with Gasteiger partial charge in [-0.2, -0.15) is 9.57 Å². The van der Waals surface area contributed by atoms with E-state index < -0.39 is 10.0 Å². The minimum absolute atomic E-state index is 0.221. The first kappa shape index (κ1) is 18.4. The Morgan fingerprint density at radius 2 is 1.89 bits per heavy atom. The smallest absolute Gasteiger partial charge is 0.243 e. The van der Waals surface area contributed by atoms with Crippen molar-refractivity contribution >= 4 is 15.7 Å². The highest BCUT2D eigenvalue weighted by molar-refractivity contribution is 7.89. The van der Waals surface area contributed by atoms with E-state index in [2.05, 4.69) is 10.1 Å². The number of benzene rings is 1. The number of nitrogens with zero attached hydrogens (tertiary/aromatic N) is 5. The third-order valence-corrected chi connectivity index (χ3v) is 6.81. The molecule has 0 amide bonds. The lowest BCUT2D eigenvalue weighted by molar-refractivity contribution is 0.179. The summed E-state index contributed by atoms with van der Waals surface area (Å²) in [7, 11) is -3.53. The van der Waals surface area contributed by atoms with Crippen LogP contribution < -0.4 is 4.74 Å². The highest BCUT2D eigenvalue weighted by atomic mass is 32.2. The molecule has 0 radical (unpaired) electrons. The lowest BCUT2D eigenvalue weighted by Crippen LogP contribution is -2.39. The molecule has 0 aliphatic carbocycles. The van der Waals surface area contributed by atoms with Gasteiger partial charge >= 0.3 is 0 Å². The van der Waals surface area contributed by atoms with Gasteiger partial charge < -0.3 is 4.74 Å². The van der Waals surface area contributed by atoms with Gasteiger partial charge in [0, 0.05) is 31.5 Å². The van der Waals surface area contributed by atoms with Crippen molar-refractivity contribution in [3.05, 3.63) is 54.4 Å². The number of ether oxygens (including phenoxy) is 1. The van der Waals surface area contributed by atoms with E-state index in [9.17, 15) is 8.42 Å². The first-order valence-electron chi connectivity index (χ1n) is 9.00. The van der Waals surface area contributed by atoms with Crippen LogP contribution in [-0.4, -0.2) is 47.0 Å². The number of fused-ring (bicyclic) bond motifs is 1. The quantitative estimate of drug-likeness (QED) is 0.653. The second-order valence-corrected chi connectivity index (χ2v) is 8.63. The molecule has 1 fully saturated rings. The summed E-state index contributed by atoms with van der Waals surface area (Å²) in [6.45, 7) is 1.40. The van der Waals surface area contributed by atoms with Crippen LogP contribution in [0.5, 0.6) is 5.88 Å². The SMILES string of the molecule is N#Cc1ccc(S(=O)(=O)N2CCC(COc3ccc4nccn4n3)CC2)cc1. The van der Waals surface area contributed by atoms with E-state index in [0.717, 1.165) is 18.5 Å². The highest BCUT2D eigenvalue weighted by Gasteiger charge is 2.29. The number of imidazole rings is 1. The Morgan fingerprint density at radius 1 is 1.14 bits per heavy atom. The average Bonchev–Trinajstić information content (AvgIpc) is 3.20. The second kappa shape index (κ2) is 7.58. The second-order valence-electron chi connectivity index (χ2n) is 6.70. The Morgan fingerprint density at radius 3 is 2.61 bits per heavy atom. The molecule has 1 aliphatic heterocycles. The molecule has 0 N–H and O–H groups in total. The largest absolute Gasteiger partial charge is 0.476 e. The van der Waals surface area contributed by atoms with Crippen molar-refractivity contribution < 1.29 is 13.2 Å². The number of aromatic nitrogens is 3. The fourth-order valence-electron chi connectivity index (χ4n) is 3.24. The molecule has 0 saturated carbocycles. The van der Waals surface area contributed by atoms with Gasteiger partial charge in [0.05, 0.1) is 23.1 Å². The monoisotopic (exact) mass is 397 g/mol. The van der Waals surface area contributed by atoms with Gasteiger partial charge in [-0.05, 0) is 49.1 Å².